The average molecular weight is 595 g/mol. The van der Waals surface area contributed by atoms with Crippen molar-refractivity contribution in [1.82, 2.24) is 19.4 Å². The van der Waals surface area contributed by atoms with Gasteiger partial charge >= 0.3 is 17.8 Å². The Labute approximate surface area is 233 Å². The first-order chi connectivity index (χ1) is 18.9. The van der Waals surface area contributed by atoms with Gasteiger partial charge in [-0.2, -0.15) is 13.2 Å². The molecular weight excluding hydrogens is 573 g/mol. The lowest BCUT2D eigenvalue weighted by Crippen LogP contribution is -2.41. The first-order valence-corrected chi connectivity index (χ1v) is 13.3. The first-order valence-electron chi connectivity index (χ1n) is 12.1. The molecule has 210 valence electrons. The Kier molecular flexibility index (Phi) is 7.46. The van der Waals surface area contributed by atoms with E-state index in [1.54, 1.807) is 30.5 Å². The fourth-order valence-electron chi connectivity index (χ4n) is 4.68. The zero-order valence-electron chi connectivity index (χ0n) is 20.9. The van der Waals surface area contributed by atoms with Crippen molar-refractivity contribution < 1.29 is 27.8 Å². The van der Waals surface area contributed by atoms with Gasteiger partial charge in [-0.1, -0.05) is 11.6 Å². The van der Waals surface area contributed by atoms with Gasteiger partial charge in [0.25, 0.3) is 5.56 Å². The smallest absolute Gasteiger partial charge is 0.406 e. The second-order valence-electron chi connectivity index (χ2n) is 9.43. The quantitative estimate of drug-likeness (QED) is 0.332. The number of aryl methyl sites for hydroxylation is 1. The maximum Gasteiger partial charge on any atom is 0.406 e. The Morgan fingerprint density at radius 3 is 2.73 bits per heavy atom. The number of alkyl halides is 3. The van der Waals surface area contributed by atoms with Crippen LogP contribution in [0.1, 0.15) is 16.9 Å². The molecule has 1 aliphatic heterocycles. The van der Waals surface area contributed by atoms with Gasteiger partial charge in [0.1, 0.15) is 24.4 Å². The van der Waals surface area contributed by atoms with Crippen molar-refractivity contribution in [3.63, 3.8) is 0 Å². The number of carboxylic acid groups (broad SMARTS) is 1. The summed E-state index contributed by atoms with van der Waals surface area (Å²) in [5.74, 6) is -0.428. The molecule has 5 rings (SSSR count). The number of rotatable bonds is 7. The van der Waals surface area contributed by atoms with Crippen LogP contribution in [-0.4, -0.2) is 50.1 Å². The van der Waals surface area contributed by atoms with Gasteiger partial charge in [-0.25, -0.2) is 4.79 Å². The summed E-state index contributed by atoms with van der Waals surface area (Å²) >= 11 is 7.64. The molecule has 14 heteroatoms. The molecule has 3 aromatic heterocycles. The molecule has 4 heterocycles. The molecule has 0 spiro atoms. The van der Waals surface area contributed by atoms with Crippen molar-refractivity contribution in [1.29, 1.82) is 0 Å². The van der Waals surface area contributed by atoms with E-state index in [0.717, 1.165) is 22.4 Å². The number of nitrogens with zero attached hydrogens (tertiary/aromatic N) is 3. The third-order valence-electron chi connectivity index (χ3n) is 6.47. The van der Waals surface area contributed by atoms with E-state index in [1.165, 1.54) is 11.3 Å². The highest BCUT2D eigenvalue weighted by Crippen LogP contribution is 2.42. The standard InChI is InChI=1S/C26H22ClF3N4O5S/c1-13-6-14(27)7-18(22(13)39-15-8-20(24(36)37)32-10-15)17-2-4-31-19-9-16(40-23(17)19)11-34-21(35)3-5-33(25(34)38)12-26(28,29)30/h2-7,9,15,20,32H,8,10-12H2,1H3,(H,36,37)/t15-,20+/m0/s1. The topological polar surface area (TPSA) is 115 Å². The lowest BCUT2D eigenvalue weighted by molar-refractivity contribution is -0.141. The number of hydrogen-bond donors (Lipinski definition) is 2. The summed E-state index contributed by atoms with van der Waals surface area (Å²) in [6.45, 7) is 0.433. The van der Waals surface area contributed by atoms with Crippen molar-refractivity contribution in [3.05, 3.63) is 79.0 Å². The summed E-state index contributed by atoms with van der Waals surface area (Å²) < 4.78 is 46.9. The molecule has 40 heavy (non-hydrogen) atoms. The zero-order valence-corrected chi connectivity index (χ0v) is 22.4. The first kappa shape index (κ1) is 27.9. The normalized spacial score (nSPS) is 17.4. The molecule has 9 nitrogen and oxygen atoms in total. The van der Waals surface area contributed by atoms with Crippen LogP contribution in [0.15, 0.2) is 52.3 Å². The van der Waals surface area contributed by atoms with E-state index in [-0.39, 0.29) is 19.1 Å². The molecule has 1 aromatic carbocycles. The number of thiophene rings is 1. The summed E-state index contributed by atoms with van der Waals surface area (Å²) in [4.78, 5) is 41.4. The summed E-state index contributed by atoms with van der Waals surface area (Å²) in [5, 5.41) is 12.7. The molecule has 1 aliphatic rings. The van der Waals surface area contributed by atoms with E-state index < -0.39 is 36.0 Å². The van der Waals surface area contributed by atoms with Crippen molar-refractivity contribution in [2.75, 3.05) is 6.54 Å². The highest BCUT2D eigenvalue weighted by atomic mass is 35.5. The van der Waals surface area contributed by atoms with Gasteiger partial charge in [-0.05, 0) is 36.8 Å². The summed E-state index contributed by atoms with van der Waals surface area (Å²) in [6.07, 6.45) is -2.32. The maximum absolute atomic E-state index is 12.9. The van der Waals surface area contributed by atoms with E-state index in [0.29, 0.717) is 48.1 Å². The van der Waals surface area contributed by atoms with Crippen LogP contribution in [-0.2, 0) is 17.9 Å². The molecule has 0 saturated carbocycles. The summed E-state index contributed by atoms with van der Waals surface area (Å²) in [7, 11) is 0. The lowest BCUT2D eigenvalue weighted by atomic mass is 10.0. The number of hydrogen-bond acceptors (Lipinski definition) is 7. The zero-order chi connectivity index (χ0) is 28.8. The maximum atomic E-state index is 12.9. The van der Waals surface area contributed by atoms with Crippen LogP contribution in [0.3, 0.4) is 0 Å². The van der Waals surface area contributed by atoms with Crippen molar-refractivity contribution in [2.24, 2.45) is 0 Å². The number of carboxylic acids is 1. The minimum atomic E-state index is -4.62. The second-order valence-corrected chi connectivity index (χ2v) is 11.0. The highest BCUT2D eigenvalue weighted by molar-refractivity contribution is 7.19. The van der Waals surface area contributed by atoms with E-state index in [2.05, 4.69) is 10.3 Å². The van der Waals surface area contributed by atoms with Gasteiger partial charge < -0.3 is 15.2 Å². The predicted octanol–water partition coefficient (Wildman–Crippen LogP) is 4.05. The molecule has 0 bridgehead atoms. The van der Waals surface area contributed by atoms with Gasteiger partial charge in [0.05, 0.1) is 16.8 Å². The Hall–Kier alpha value is -3.68. The van der Waals surface area contributed by atoms with E-state index >= 15 is 0 Å². The lowest BCUT2D eigenvalue weighted by Gasteiger charge is -2.19. The number of pyridine rings is 1. The molecule has 2 N–H and O–H groups in total. The molecule has 2 atom stereocenters. The summed E-state index contributed by atoms with van der Waals surface area (Å²) in [6, 6.07) is 7.12. The van der Waals surface area contributed by atoms with Crippen LogP contribution < -0.4 is 21.3 Å². The molecule has 0 aliphatic carbocycles. The van der Waals surface area contributed by atoms with Gasteiger partial charge in [-0.15, -0.1) is 11.3 Å². The van der Waals surface area contributed by atoms with Crippen molar-refractivity contribution in [2.45, 2.75) is 44.8 Å². The monoisotopic (exact) mass is 594 g/mol. The van der Waals surface area contributed by atoms with Crippen LogP contribution in [0.2, 0.25) is 5.02 Å². The fraction of sp³-hybridized carbons (Fsp3) is 0.308. The largest absolute Gasteiger partial charge is 0.488 e. The predicted molar refractivity (Wildman–Crippen MR) is 143 cm³/mol. The van der Waals surface area contributed by atoms with Crippen molar-refractivity contribution >= 4 is 39.1 Å². The minimum Gasteiger partial charge on any atom is -0.488 e. The molecule has 1 saturated heterocycles. The Morgan fingerprint density at radius 2 is 2.02 bits per heavy atom. The second kappa shape index (κ2) is 10.7. The number of ether oxygens (including phenoxy) is 1. The van der Waals surface area contributed by atoms with Crippen molar-refractivity contribution in [3.8, 4) is 16.9 Å². The van der Waals surface area contributed by atoms with Gasteiger partial charge in [0.15, 0.2) is 0 Å². The SMILES string of the molecule is Cc1cc(Cl)cc(-c2ccnc3cc(Cn4c(=O)ccn(CC(F)(F)F)c4=O)sc23)c1O[C@@H]1CN[C@@H](C(=O)O)C1. The van der Waals surface area contributed by atoms with Crippen LogP contribution in [0, 0.1) is 6.92 Å². The van der Waals surface area contributed by atoms with Crippen LogP contribution in [0.4, 0.5) is 13.2 Å². The van der Waals surface area contributed by atoms with Gasteiger partial charge in [-0.3, -0.25) is 23.7 Å². The van der Waals surface area contributed by atoms with Gasteiger partial charge in [0.2, 0.25) is 0 Å². The molecule has 1 fully saturated rings. The van der Waals surface area contributed by atoms with Gasteiger partial charge in [0, 0.05) is 52.5 Å². The number of fused-ring (bicyclic) bond motifs is 1. The number of halogens is 4. The highest BCUT2D eigenvalue weighted by Gasteiger charge is 2.32. The number of benzene rings is 1. The molecule has 4 aromatic rings. The third-order valence-corrected chi connectivity index (χ3v) is 7.83. The number of aliphatic carboxylic acids is 1. The minimum absolute atomic E-state index is 0.237. The Morgan fingerprint density at radius 1 is 1.25 bits per heavy atom. The Bertz CT molecular complexity index is 1730. The van der Waals surface area contributed by atoms with Crippen LogP contribution in [0.25, 0.3) is 21.3 Å². The van der Waals surface area contributed by atoms with E-state index in [1.807, 2.05) is 6.92 Å². The average Bonchev–Trinajstić information content (AvgIpc) is 3.51. The van der Waals surface area contributed by atoms with Crippen LogP contribution >= 0.6 is 22.9 Å². The molecule has 0 unspecified atom stereocenters. The summed E-state index contributed by atoms with van der Waals surface area (Å²) in [5.41, 5.74) is 0.853. The fourth-order valence-corrected chi connectivity index (χ4v) is 6.09. The number of nitrogens with one attached hydrogen (secondary N) is 1. The third kappa shape index (κ3) is 5.76. The Balaban J connectivity index is 1.53. The number of carbonyl (C=O) groups is 1. The van der Waals surface area contributed by atoms with Crippen LogP contribution in [0.5, 0.6) is 5.75 Å². The molecular formula is C26H22ClF3N4O5S. The number of aromatic nitrogens is 3. The van der Waals surface area contributed by atoms with E-state index in [9.17, 15) is 32.7 Å². The van der Waals surface area contributed by atoms with E-state index in [4.69, 9.17) is 16.3 Å². The molecule has 0 radical (unpaired) electrons. The molecule has 0 amide bonds.